The maximum atomic E-state index is 13.2. The molecule has 0 saturated heterocycles. The summed E-state index contributed by atoms with van der Waals surface area (Å²) in [7, 11) is 1.64. The van der Waals surface area contributed by atoms with Gasteiger partial charge in [-0.15, -0.1) is 0 Å². The Morgan fingerprint density at radius 3 is 2.50 bits per heavy atom. The zero-order chi connectivity index (χ0) is 18.7. The molecule has 1 amide bonds. The van der Waals surface area contributed by atoms with Crippen LogP contribution in [0.15, 0.2) is 48.5 Å². The highest BCUT2D eigenvalue weighted by molar-refractivity contribution is 5.83. The van der Waals surface area contributed by atoms with Crippen molar-refractivity contribution in [3.8, 4) is 17.2 Å². The lowest BCUT2D eigenvalue weighted by molar-refractivity contribution is -0.146. The molecule has 3 rings (SSSR count). The largest absolute Gasteiger partial charge is 0.497 e. The van der Waals surface area contributed by atoms with E-state index in [1.54, 1.807) is 7.11 Å². The van der Waals surface area contributed by atoms with E-state index in [-0.39, 0.29) is 18.1 Å². The molecule has 5 heteroatoms. The number of rotatable bonds is 5. The first-order chi connectivity index (χ1) is 12.5. The maximum Gasteiger partial charge on any atom is 0.268 e. The topological polar surface area (TPSA) is 48.0 Å². The SMILES string of the molecule is CCN(C(=O)C1Oc2ccccc2OC1C)C(C)c1cccc(OC)c1. The summed E-state index contributed by atoms with van der Waals surface area (Å²) in [6, 6.07) is 15.1. The molecule has 3 atom stereocenters. The van der Waals surface area contributed by atoms with Gasteiger partial charge in [0.2, 0.25) is 6.10 Å². The summed E-state index contributed by atoms with van der Waals surface area (Å²) >= 11 is 0. The molecule has 1 aliphatic rings. The second kappa shape index (κ2) is 7.68. The molecular formula is C21H25NO4. The van der Waals surface area contributed by atoms with Gasteiger partial charge in [-0.3, -0.25) is 4.79 Å². The third-order valence-corrected chi connectivity index (χ3v) is 4.75. The van der Waals surface area contributed by atoms with Gasteiger partial charge in [0.25, 0.3) is 5.91 Å². The van der Waals surface area contributed by atoms with Crippen molar-refractivity contribution in [2.75, 3.05) is 13.7 Å². The van der Waals surface area contributed by atoms with Gasteiger partial charge in [0.1, 0.15) is 11.9 Å². The minimum atomic E-state index is -0.669. The second-order valence-electron chi connectivity index (χ2n) is 6.38. The number of methoxy groups -OCH3 is 1. The van der Waals surface area contributed by atoms with E-state index >= 15 is 0 Å². The number of hydrogen-bond acceptors (Lipinski definition) is 4. The average Bonchev–Trinajstić information content (AvgIpc) is 2.67. The van der Waals surface area contributed by atoms with Crippen LogP contribution in [-0.4, -0.2) is 36.7 Å². The zero-order valence-corrected chi connectivity index (χ0v) is 15.6. The van der Waals surface area contributed by atoms with Crippen LogP contribution in [0.3, 0.4) is 0 Å². The Hall–Kier alpha value is -2.69. The lowest BCUT2D eigenvalue weighted by atomic mass is 10.0. The summed E-state index contributed by atoms with van der Waals surface area (Å²) in [5.41, 5.74) is 1.02. The lowest BCUT2D eigenvalue weighted by Crippen LogP contribution is -2.51. The van der Waals surface area contributed by atoms with Crippen molar-refractivity contribution in [1.82, 2.24) is 4.90 Å². The Balaban J connectivity index is 1.82. The monoisotopic (exact) mass is 355 g/mol. The third kappa shape index (κ3) is 3.47. The predicted molar refractivity (Wildman–Crippen MR) is 99.7 cm³/mol. The van der Waals surface area contributed by atoms with Gasteiger partial charge in [0.15, 0.2) is 11.5 Å². The molecule has 138 valence electrons. The number of hydrogen-bond donors (Lipinski definition) is 0. The van der Waals surface area contributed by atoms with Crippen molar-refractivity contribution in [2.45, 2.75) is 39.0 Å². The summed E-state index contributed by atoms with van der Waals surface area (Å²) in [5.74, 6) is 1.98. The minimum absolute atomic E-state index is 0.0789. The molecule has 1 heterocycles. The van der Waals surface area contributed by atoms with Crippen LogP contribution in [-0.2, 0) is 4.79 Å². The van der Waals surface area contributed by atoms with Crippen LogP contribution in [0.25, 0.3) is 0 Å². The van der Waals surface area contributed by atoms with Gasteiger partial charge in [-0.2, -0.15) is 0 Å². The van der Waals surface area contributed by atoms with Crippen LogP contribution in [0.2, 0.25) is 0 Å². The molecule has 1 aliphatic heterocycles. The number of nitrogens with zero attached hydrogens (tertiary/aromatic N) is 1. The van der Waals surface area contributed by atoms with Crippen LogP contribution >= 0.6 is 0 Å². The number of para-hydroxylation sites is 2. The Morgan fingerprint density at radius 2 is 1.85 bits per heavy atom. The molecule has 0 saturated carbocycles. The summed E-state index contributed by atoms with van der Waals surface area (Å²) in [5, 5.41) is 0. The van der Waals surface area contributed by atoms with E-state index in [0.29, 0.717) is 18.0 Å². The van der Waals surface area contributed by atoms with Gasteiger partial charge in [-0.1, -0.05) is 24.3 Å². The number of amides is 1. The molecule has 26 heavy (non-hydrogen) atoms. The van der Waals surface area contributed by atoms with Crippen molar-refractivity contribution in [3.63, 3.8) is 0 Å². The fourth-order valence-corrected chi connectivity index (χ4v) is 3.26. The third-order valence-electron chi connectivity index (χ3n) is 4.75. The average molecular weight is 355 g/mol. The van der Waals surface area contributed by atoms with Gasteiger partial charge >= 0.3 is 0 Å². The van der Waals surface area contributed by atoms with Crippen LogP contribution in [0.4, 0.5) is 0 Å². The standard InChI is InChI=1S/C21H25NO4/c1-5-22(14(2)16-9-8-10-17(13-16)24-4)21(23)20-15(3)25-18-11-6-7-12-19(18)26-20/h6-15,20H,5H2,1-4H3. The van der Waals surface area contributed by atoms with Crippen LogP contribution in [0, 0.1) is 0 Å². The quantitative estimate of drug-likeness (QED) is 0.818. The molecule has 0 radical (unpaired) electrons. The summed E-state index contributed by atoms with van der Waals surface area (Å²) in [4.78, 5) is 15.0. The van der Waals surface area contributed by atoms with E-state index in [9.17, 15) is 4.79 Å². The van der Waals surface area contributed by atoms with Crippen molar-refractivity contribution in [2.24, 2.45) is 0 Å². The first kappa shape index (κ1) is 18.1. The fourth-order valence-electron chi connectivity index (χ4n) is 3.26. The molecule has 0 aliphatic carbocycles. The second-order valence-corrected chi connectivity index (χ2v) is 6.38. The Labute approximate surface area is 154 Å². The highest BCUT2D eigenvalue weighted by Crippen LogP contribution is 2.35. The number of carbonyl (C=O) groups excluding carboxylic acids is 1. The maximum absolute atomic E-state index is 13.2. The normalized spacial score (nSPS) is 19.5. The summed E-state index contributed by atoms with van der Waals surface area (Å²) < 4.78 is 17.2. The molecular weight excluding hydrogens is 330 g/mol. The number of likely N-dealkylation sites (N-methyl/N-ethyl adjacent to an activating group) is 1. The molecule has 2 aromatic carbocycles. The molecule has 2 aromatic rings. The van der Waals surface area contributed by atoms with E-state index in [0.717, 1.165) is 11.3 Å². The van der Waals surface area contributed by atoms with E-state index < -0.39 is 6.10 Å². The Morgan fingerprint density at radius 1 is 1.15 bits per heavy atom. The Bertz CT molecular complexity index is 776. The summed E-state index contributed by atoms with van der Waals surface area (Å²) in [6.45, 7) is 6.42. The number of fused-ring (bicyclic) bond motifs is 1. The number of ether oxygens (including phenoxy) is 3. The molecule has 0 spiro atoms. The highest BCUT2D eigenvalue weighted by atomic mass is 16.6. The van der Waals surface area contributed by atoms with Crippen LogP contribution in [0.5, 0.6) is 17.2 Å². The number of carbonyl (C=O) groups is 1. The van der Waals surface area contributed by atoms with Crippen molar-refractivity contribution in [1.29, 1.82) is 0 Å². The smallest absolute Gasteiger partial charge is 0.268 e. The van der Waals surface area contributed by atoms with Crippen molar-refractivity contribution in [3.05, 3.63) is 54.1 Å². The van der Waals surface area contributed by atoms with Gasteiger partial charge in [-0.25, -0.2) is 0 Å². The van der Waals surface area contributed by atoms with E-state index in [1.807, 2.05) is 74.2 Å². The molecule has 0 N–H and O–H groups in total. The first-order valence-corrected chi connectivity index (χ1v) is 8.92. The van der Waals surface area contributed by atoms with Gasteiger partial charge in [0, 0.05) is 6.54 Å². The highest BCUT2D eigenvalue weighted by Gasteiger charge is 2.37. The summed E-state index contributed by atoms with van der Waals surface area (Å²) in [6.07, 6.45) is -1.03. The Kier molecular flexibility index (Phi) is 5.35. The van der Waals surface area contributed by atoms with Crippen molar-refractivity contribution >= 4 is 5.91 Å². The molecule has 0 fully saturated rings. The fraction of sp³-hybridized carbons (Fsp3) is 0.381. The van der Waals surface area contributed by atoms with Crippen molar-refractivity contribution < 1.29 is 19.0 Å². The minimum Gasteiger partial charge on any atom is -0.497 e. The van der Waals surface area contributed by atoms with Crippen LogP contribution in [0.1, 0.15) is 32.4 Å². The molecule has 0 bridgehead atoms. The lowest BCUT2D eigenvalue weighted by Gasteiger charge is -2.36. The number of benzene rings is 2. The van der Waals surface area contributed by atoms with Gasteiger partial charge in [-0.05, 0) is 50.6 Å². The van der Waals surface area contributed by atoms with Gasteiger partial charge < -0.3 is 19.1 Å². The predicted octanol–water partition coefficient (Wildman–Crippen LogP) is 3.83. The van der Waals surface area contributed by atoms with Crippen LogP contribution < -0.4 is 14.2 Å². The molecule has 0 aromatic heterocycles. The molecule has 3 unspecified atom stereocenters. The van der Waals surface area contributed by atoms with E-state index in [4.69, 9.17) is 14.2 Å². The van der Waals surface area contributed by atoms with Gasteiger partial charge in [0.05, 0.1) is 13.2 Å². The van der Waals surface area contributed by atoms with E-state index in [1.165, 1.54) is 0 Å². The van der Waals surface area contributed by atoms with E-state index in [2.05, 4.69) is 0 Å². The molecule has 5 nitrogen and oxygen atoms in total. The first-order valence-electron chi connectivity index (χ1n) is 8.92. The zero-order valence-electron chi connectivity index (χ0n) is 15.6.